The van der Waals surface area contributed by atoms with Crippen molar-refractivity contribution < 1.29 is 23.5 Å². The van der Waals surface area contributed by atoms with E-state index in [1.807, 2.05) is 0 Å². The van der Waals surface area contributed by atoms with Crippen molar-refractivity contribution in [3.8, 4) is 0 Å². The van der Waals surface area contributed by atoms with Gasteiger partial charge in [0.15, 0.2) is 11.6 Å². The molecule has 1 aliphatic rings. The number of carboxylic acid groups (broad SMARTS) is 1. The first-order chi connectivity index (χ1) is 9.93. The van der Waals surface area contributed by atoms with E-state index in [0.717, 1.165) is 18.6 Å². The van der Waals surface area contributed by atoms with Crippen LogP contribution >= 0.6 is 11.8 Å². The third-order valence-electron chi connectivity index (χ3n) is 3.48. The second kappa shape index (κ2) is 6.43. The zero-order valence-electron chi connectivity index (χ0n) is 11.2. The Hall–Kier alpha value is -1.63. The van der Waals surface area contributed by atoms with Gasteiger partial charge in [-0.15, -0.1) is 11.8 Å². The molecule has 2 rings (SSSR count). The van der Waals surface area contributed by atoms with Crippen molar-refractivity contribution in [2.75, 3.05) is 5.75 Å². The molecule has 21 heavy (non-hydrogen) atoms. The SMILES string of the molecule is O=C(CCSc1ccc(F)c(F)c1)NC1(C(=O)O)CCC1. The number of hydrogen-bond acceptors (Lipinski definition) is 3. The molecule has 1 amide bonds. The van der Waals surface area contributed by atoms with E-state index in [1.54, 1.807) is 0 Å². The van der Waals surface area contributed by atoms with Crippen LogP contribution in [0.25, 0.3) is 0 Å². The van der Waals surface area contributed by atoms with Crippen LogP contribution in [0.4, 0.5) is 8.78 Å². The number of benzene rings is 1. The predicted octanol–water partition coefficient (Wildman–Crippen LogP) is 2.57. The highest BCUT2D eigenvalue weighted by molar-refractivity contribution is 7.99. The molecule has 0 aromatic heterocycles. The van der Waals surface area contributed by atoms with Gasteiger partial charge in [0.05, 0.1) is 0 Å². The molecule has 0 unspecified atom stereocenters. The van der Waals surface area contributed by atoms with Gasteiger partial charge >= 0.3 is 5.97 Å². The van der Waals surface area contributed by atoms with Crippen LogP contribution in [-0.2, 0) is 9.59 Å². The van der Waals surface area contributed by atoms with E-state index >= 15 is 0 Å². The average molecular weight is 315 g/mol. The van der Waals surface area contributed by atoms with Crippen LogP contribution in [0.2, 0.25) is 0 Å². The molecule has 7 heteroatoms. The Morgan fingerprint density at radius 1 is 1.29 bits per heavy atom. The number of carbonyl (C=O) groups is 2. The molecule has 0 spiro atoms. The fourth-order valence-corrected chi connectivity index (χ4v) is 2.95. The summed E-state index contributed by atoms with van der Waals surface area (Å²) in [5, 5.41) is 11.6. The third kappa shape index (κ3) is 3.72. The standard InChI is InChI=1S/C14H15F2NO3S/c15-10-3-2-9(8-11(10)16)21-7-4-12(18)17-14(13(19)20)5-1-6-14/h2-3,8H,1,4-7H2,(H,17,18)(H,19,20). The van der Waals surface area contributed by atoms with E-state index in [9.17, 15) is 18.4 Å². The van der Waals surface area contributed by atoms with E-state index in [4.69, 9.17) is 5.11 Å². The molecule has 1 fully saturated rings. The smallest absolute Gasteiger partial charge is 0.329 e. The number of nitrogens with one attached hydrogen (secondary N) is 1. The van der Waals surface area contributed by atoms with E-state index in [1.165, 1.54) is 17.8 Å². The maximum absolute atomic E-state index is 13.0. The minimum atomic E-state index is -1.11. The highest BCUT2D eigenvalue weighted by Gasteiger charge is 2.45. The summed E-state index contributed by atoms with van der Waals surface area (Å²) in [6.45, 7) is 0. The molecule has 0 bridgehead atoms. The van der Waals surface area contributed by atoms with Crippen LogP contribution in [0.5, 0.6) is 0 Å². The summed E-state index contributed by atoms with van der Waals surface area (Å²) >= 11 is 1.22. The fourth-order valence-electron chi connectivity index (χ4n) is 2.08. The fraction of sp³-hybridized carbons (Fsp3) is 0.429. The van der Waals surface area contributed by atoms with Crippen molar-refractivity contribution in [1.29, 1.82) is 0 Å². The second-order valence-corrected chi connectivity index (χ2v) is 6.13. The monoisotopic (exact) mass is 315 g/mol. The molecule has 1 aromatic rings. The molecular formula is C14H15F2NO3S. The Morgan fingerprint density at radius 3 is 2.52 bits per heavy atom. The normalized spacial score (nSPS) is 16.1. The molecule has 0 aliphatic heterocycles. The zero-order chi connectivity index (χ0) is 15.5. The maximum atomic E-state index is 13.0. The first-order valence-corrected chi connectivity index (χ1v) is 7.54. The number of halogens is 2. The number of hydrogen-bond donors (Lipinski definition) is 2. The molecule has 0 radical (unpaired) electrons. The molecule has 1 aliphatic carbocycles. The second-order valence-electron chi connectivity index (χ2n) is 4.96. The highest BCUT2D eigenvalue weighted by atomic mass is 32.2. The Balaban J connectivity index is 1.79. The number of carbonyl (C=O) groups excluding carboxylic acids is 1. The summed E-state index contributed by atoms with van der Waals surface area (Å²) in [6.07, 6.45) is 1.81. The number of amides is 1. The molecule has 0 heterocycles. The first kappa shape index (κ1) is 15.8. The van der Waals surface area contributed by atoms with Crippen molar-refractivity contribution >= 4 is 23.6 Å². The van der Waals surface area contributed by atoms with Gasteiger partial charge in [-0.2, -0.15) is 0 Å². The van der Waals surface area contributed by atoms with Crippen LogP contribution in [0.3, 0.4) is 0 Å². The lowest BCUT2D eigenvalue weighted by molar-refractivity contribution is -0.151. The Kier molecular flexibility index (Phi) is 4.82. The van der Waals surface area contributed by atoms with Crippen LogP contribution in [-0.4, -0.2) is 28.3 Å². The number of thioether (sulfide) groups is 1. The van der Waals surface area contributed by atoms with Crippen molar-refractivity contribution in [3.63, 3.8) is 0 Å². The summed E-state index contributed by atoms with van der Waals surface area (Å²) in [7, 11) is 0. The Morgan fingerprint density at radius 2 is 2.00 bits per heavy atom. The summed E-state index contributed by atoms with van der Waals surface area (Å²) in [5.41, 5.74) is -1.11. The van der Waals surface area contributed by atoms with Gasteiger partial charge in [-0.1, -0.05) is 0 Å². The number of rotatable bonds is 6. The highest BCUT2D eigenvalue weighted by Crippen LogP contribution is 2.32. The van der Waals surface area contributed by atoms with Gasteiger partial charge in [0.25, 0.3) is 0 Å². The van der Waals surface area contributed by atoms with Crippen molar-refractivity contribution in [2.45, 2.75) is 36.1 Å². The number of aliphatic carboxylic acids is 1. The van der Waals surface area contributed by atoms with Gasteiger partial charge in [0.1, 0.15) is 5.54 Å². The Bertz CT molecular complexity index is 561. The van der Waals surface area contributed by atoms with Crippen LogP contribution < -0.4 is 5.32 Å². The maximum Gasteiger partial charge on any atom is 0.329 e. The largest absolute Gasteiger partial charge is 0.480 e. The number of carboxylic acids is 1. The third-order valence-corrected chi connectivity index (χ3v) is 4.48. The van der Waals surface area contributed by atoms with E-state index in [-0.39, 0.29) is 12.3 Å². The summed E-state index contributed by atoms with van der Waals surface area (Å²) in [5.74, 6) is -2.82. The molecule has 0 atom stereocenters. The van der Waals surface area contributed by atoms with Gasteiger partial charge in [-0.3, -0.25) is 4.79 Å². The van der Waals surface area contributed by atoms with E-state index < -0.39 is 23.1 Å². The molecular weight excluding hydrogens is 300 g/mol. The first-order valence-electron chi connectivity index (χ1n) is 6.55. The lowest BCUT2D eigenvalue weighted by Crippen LogP contribution is -2.59. The van der Waals surface area contributed by atoms with Gasteiger partial charge in [0.2, 0.25) is 5.91 Å². The van der Waals surface area contributed by atoms with Gasteiger partial charge in [0, 0.05) is 17.1 Å². The van der Waals surface area contributed by atoms with E-state index in [0.29, 0.717) is 23.5 Å². The van der Waals surface area contributed by atoms with Gasteiger partial charge in [-0.05, 0) is 37.5 Å². The summed E-state index contributed by atoms with van der Waals surface area (Å²) in [4.78, 5) is 23.4. The molecule has 114 valence electrons. The topological polar surface area (TPSA) is 66.4 Å². The van der Waals surface area contributed by atoms with Crippen LogP contribution in [0.15, 0.2) is 23.1 Å². The minimum Gasteiger partial charge on any atom is -0.480 e. The quantitative estimate of drug-likeness (QED) is 0.792. The van der Waals surface area contributed by atoms with Crippen molar-refractivity contribution in [3.05, 3.63) is 29.8 Å². The molecule has 1 saturated carbocycles. The van der Waals surface area contributed by atoms with Crippen LogP contribution in [0, 0.1) is 11.6 Å². The molecule has 4 nitrogen and oxygen atoms in total. The Labute approximate surface area is 124 Å². The van der Waals surface area contributed by atoms with Crippen LogP contribution in [0.1, 0.15) is 25.7 Å². The summed E-state index contributed by atoms with van der Waals surface area (Å²) in [6, 6.07) is 3.54. The predicted molar refractivity (Wildman–Crippen MR) is 74.1 cm³/mol. The molecule has 2 N–H and O–H groups in total. The van der Waals surface area contributed by atoms with Crippen molar-refractivity contribution in [2.24, 2.45) is 0 Å². The average Bonchev–Trinajstić information content (AvgIpc) is 2.37. The lowest BCUT2D eigenvalue weighted by atomic mass is 9.76. The van der Waals surface area contributed by atoms with Crippen molar-refractivity contribution in [1.82, 2.24) is 5.32 Å². The van der Waals surface area contributed by atoms with Gasteiger partial charge < -0.3 is 10.4 Å². The summed E-state index contributed by atoms with van der Waals surface area (Å²) < 4.78 is 25.7. The van der Waals surface area contributed by atoms with E-state index in [2.05, 4.69) is 5.32 Å². The minimum absolute atomic E-state index is 0.124. The molecule has 0 saturated heterocycles. The zero-order valence-corrected chi connectivity index (χ0v) is 12.0. The molecule has 1 aromatic carbocycles. The van der Waals surface area contributed by atoms with Gasteiger partial charge in [-0.25, -0.2) is 13.6 Å². The lowest BCUT2D eigenvalue weighted by Gasteiger charge is -2.38.